The summed E-state index contributed by atoms with van der Waals surface area (Å²) in [6.07, 6.45) is -0.124. The number of carbonyl (C=O) groups excluding carboxylic acids is 1. The molecule has 0 saturated heterocycles. The molecule has 32 heavy (non-hydrogen) atoms. The molecule has 0 amide bonds. The number of carbonyl (C=O) groups is 1. The van der Waals surface area contributed by atoms with E-state index in [4.69, 9.17) is 9.15 Å². The first-order valence-electron chi connectivity index (χ1n) is 9.83. The van der Waals surface area contributed by atoms with Crippen LogP contribution in [0.4, 0.5) is 0 Å². The highest BCUT2D eigenvalue weighted by atomic mass is 16.5. The maximum absolute atomic E-state index is 12.9. The van der Waals surface area contributed by atoms with Crippen LogP contribution in [0.15, 0.2) is 75.9 Å². The number of aromatic hydroxyl groups is 3. The lowest BCUT2D eigenvalue weighted by Crippen LogP contribution is -2.12. The molecule has 1 heterocycles. The van der Waals surface area contributed by atoms with Crippen LogP contribution in [0.25, 0.3) is 22.3 Å². The van der Waals surface area contributed by atoms with E-state index in [-0.39, 0.29) is 40.2 Å². The summed E-state index contributed by atoms with van der Waals surface area (Å²) in [7, 11) is 1.27. The molecule has 7 nitrogen and oxygen atoms in total. The van der Waals surface area contributed by atoms with E-state index < -0.39 is 23.1 Å². The Morgan fingerprint density at radius 2 is 1.66 bits per heavy atom. The number of benzene rings is 3. The first kappa shape index (κ1) is 21.0. The van der Waals surface area contributed by atoms with Crippen molar-refractivity contribution in [1.29, 1.82) is 0 Å². The monoisotopic (exact) mass is 432 g/mol. The first-order valence-corrected chi connectivity index (χ1v) is 9.83. The standard InChI is InChI=1S/C25H20O7/c1-31-22(30)11-17(14-5-3-2-4-6-14)23-18(27)12-19(28)24-20(29)13-21(32-25(23)24)15-7-9-16(26)10-8-15/h2-10,12-13,17,26-28H,11H2,1H3. The van der Waals surface area contributed by atoms with Gasteiger partial charge in [0, 0.05) is 29.2 Å². The van der Waals surface area contributed by atoms with Gasteiger partial charge in [0.1, 0.15) is 34.0 Å². The summed E-state index contributed by atoms with van der Waals surface area (Å²) in [5, 5.41) is 30.6. The Balaban J connectivity index is 2.03. The van der Waals surface area contributed by atoms with E-state index in [2.05, 4.69) is 0 Å². The summed E-state index contributed by atoms with van der Waals surface area (Å²) in [6, 6.07) is 17.3. The molecule has 0 fully saturated rings. The second kappa shape index (κ2) is 8.47. The summed E-state index contributed by atoms with van der Waals surface area (Å²) in [5.41, 5.74) is 0.846. The molecule has 1 aromatic heterocycles. The molecule has 0 radical (unpaired) electrons. The molecule has 0 saturated carbocycles. The Morgan fingerprint density at radius 3 is 2.31 bits per heavy atom. The summed E-state index contributed by atoms with van der Waals surface area (Å²) in [4.78, 5) is 25.1. The van der Waals surface area contributed by atoms with Crippen LogP contribution >= 0.6 is 0 Å². The van der Waals surface area contributed by atoms with Crippen LogP contribution in [0.5, 0.6) is 17.2 Å². The number of rotatable bonds is 5. The minimum atomic E-state index is -0.704. The quantitative estimate of drug-likeness (QED) is 0.403. The zero-order valence-electron chi connectivity index (χ0n) is 17.1. The normalized spacial score (nSPS) is 11.9. The average Bonchev–Trinajstić information content (AvgIpc) is 2.78. The number of hydrogen-bond donors (Lipinski definition) is 3. The van der Waals surface area contributed by atoms with Gasteiger partial charge in [-0.25, -0.2) is 0 Å². The molecular weight excluding hydrogens is 412 g/mol. The largest absolute Gasteiger partial charge is 0.508 e. The minimum Gasteiger partial charge on any atom is -0.508 e. The van der Waals surface area contributed by atoms with Crippen molar-refractivity contribution in [2.24, 2.45) is 0 Å². The smallest absolute Gasteiger partial charge is 0.306 e. The second-order valence-corrected chi connectivity index (χ2v) is 7.30. The predicted molar refractivity (Wildman–Crippen MR) is 118 cm³/mol. The van der Waals surface area contributed by atoms with Gasteiger partial charge in [0.25, 0.3) is 0 Å². The molecule has 0 bridgehead atoms. The summed E-state index contributed by atoms with van der Waals surface area (Å²) < 4.78 is 10.9. The lowest BCUT2D eigenvalue weighted by atomic mass is 9.86. The van der Waals surface area contributed by atoms with Gasteiger partial charge < -0.3 is 24.5 Å². The molecule has 0 aliphatic carbocycles. The molecule has 4 rings (SSSR count). The lowest BCUT2D eigenvalue weighted by Gasteiger charge is -2.20. The molecule has 0 spiro atoms. The maximum Gasteiger partial charge on any atom is 0.306 e. The number of phenolic OH excluding ortho intramolecular Hbond substituents is 3. The molecule has 3 N–H and O–H groups in total. The lowest BCUT2D eigenvalue weighted by molar-refractivity contribution is -0.140. The van der Waals surface area contributed by atoms with Gasteiger partial charge in [0.05, 0.1) is 13.5 Å². The number of hydrogen-bond acceptors (Lipinski definition) is 7. The molecule has 1 unspecified atom stereocenters. The topological polar surface area (TPSA) is 117 Å². The fraction of sp³-hybridized carbons (Fsp3) is 0.120. The summed E-state index contributed by atoms with van der Waals surface area (Å²) in [5.74, 6) is -1.74. The number of phenols is 3. The van der Waals surface area contributed by atoms with Crippen molar-refractivity contribution in [2.75, 3.05) is 7.11 Å². The van der Waals surface area contributed by atoms with Gasteiger partial charge in [-0.3, -0.25) is 9.59 Å². The van der Waals surface area contributed by atoms with Crippen LogP contribution in [0.2, 0.25) is 0 Å². The van der Waals surface area contributed by atoms with Gasteiger partial charge in [0.2, 0.25) is 0 Å². The molecule has 0 aliphatic heterocycles. The van der Waals surface area contributed by atoms with Crippen molar-refractivity contribution in [3.8, 4) is 28.6 Å². The first-order chi connectivity index (χ1) is 15.4. The Hall–Kier alpha value is -4.26. The van der Waals surface area contributed by atoms with Crippen molar-refractivity contribution in [2.45, 2.75) is 12.3 Å². The number of fused-ring (bicyclic) bond motifs is 1. The minimum absolute atomic E-state index is 0.0316. The van der Waals surface area contributed by atoms with Crippen LogP contribution in [0, 0.1) is 0 Å². The van der Waals surface area contributed by atoms with Gasteiger partial charge >= 0.3 is 5.97 Å². The molecule has 0 aliphatic rings. The highest BCUT2D eigenvalue weighted by Gasteiger charge is 2.28. The van der Waals surface area contributed by atoms with Gasteiger partial charge in [-0.05, 0) is 29.8 Å². The molecular formula is C25H20O7. The molecule has 1 atom stereocenters. The predicted octanol–water partition coefficient (Wildman–Crippen LogP) is 4.27. The van der Waals surface area contributed by atoms with E-state index in [1.165, 1.54) is 25.3 Å². The average molecular weight is 432 g/mol. The van der Waals surface area contributed by atoms with Crippen molar-refractivity contribution in [1.82, 2.24) is 0 Å². The molecule has 4 aromatic rings. The van der Waals surface area contributed by atoms with E-state index in [1.54, 1.807) is 36.4 Å². The highest BCUT2D eigenvalue weighted by Crippen LogP contribution is 2.42. The van der Waals surface area contributed by atoms with Crippen LogP contribution in [-0.2, 0) is 9.53 Å². The fourth-order valence-corrected chi connectivity index (χ4v) is 3.75. The van der Waals surface area contributed by atoms with Crippen molar-refractivity contribution < 1.29 is 29.3 Å². The van der Waals surface area contributed by atoms with Gasteiger partial charge in [0.15, 0.2) is 5.43 Å². The summed E-state index contributed by atoms with van der Waals surface area (Å²) >= 11 is 0. The van der Waals surface area contributed by atoms with Crippen molar-refractivity contribution >= 4 is 16.9 Å². The molecule has 7 heteroatoms. The SMILES string of the molecule is COC(=O)CC(c1ccccc1)c1c(O)cc(O)c2c(=O)cc(-c3ccc(O)cc3)oc12. The summed E-state index contributed by atoms with van der Waals surface area (Å²) in [6.45, 7) is 0. The van der Waals surface area contributed by atoms with Gasteiger partial charge in [-0.15, -0.1) is 0 Å². The van der Waals surface area contributed by atoms with Gasteiger partial charge in [-0.1, -0.05) is 30.3 Å². The van der Waals surface area contributed by atoms with Crippen LogP contribution in [0.3, 0.4) is 0 Å². The molecule has 3 aromatic carbocycles. The third-order valence-electron chi connectivity index (χ3n) is 5.30. The third-order valence-corrected chi connectivity index (χ3v) is 5.30. The highest BCUT2D eigenvalue weighted by molar-refractivity contribution is 5.90. The van der Waals surface area contributed by atoms with Crippen LogP contribution < -0.4 is 5.43 Å². The Morgan fingerprint density at radius 1 is 0.969 bits per heavy atom. The van der Waals surface area contributed by atoms with E-state index in [0.29, 0.717) is 11.1 Å². The zero-order valence-corrected chi connectivity index (χ0v) is 17.1. The van der Waals surface area contributed by atoms with E-state index >= 15 is 0 Å². The van der Waals surface area contributed by atoms with Crippen LogP contribution in [0.1, 0.15) is 23.5 Å². The number of esters is 1. The Kier molecular flexibility index (Phi) is 5.55. The van der Waals surface area contributed by atoms with E-state index in [1.807, 2.05) is 6.07 Å². The number of methoxy groups -OCH3 is 1. The molecule has 162 valence electrons. The maximum atomic E-state index is 12.9. The van der Waals surface area contributed by atoms with Crippen molar-refractivity contribution in [3.05, 3.63) is 88.1 Å². The Bertz CT molecular complexity index is 1340. The van der Waals surface area contributed by atoms with Crippen LogP contribution in [-0.4, -0.2) is 28.4 Å². The third kappa shape index (κ3) is 3.88. The second-order valence-electron chi connectivity index (χ2n) is 7.30. The zero-order chi connectivity index (χ0) is 22.8. The van der Waals surface area contributed by atoms with Gasteiger partial charge in [-0.2, -0.15) is 0 Å². The van der Waals surface area contributed by atoms with E-state index in [0.717, 1.165) is 6.07 Å². The van der Waals surface area contributed by atoms with Crippen molar-refractivity contribution in [3.63, 3.8) is 0 Å². The Labute approximate surface area is 182 Å². The number of ether oxygens (including phenoxy) is 1. The van der Waals surface area contributed by atoms with E-state index in [9.17, 15) is 24.9 Å². The fourth-order valence-electron chi connectivity index (χ4n) is 3.75.